The molecule has 2 aliphatic rings. The maximum Gasteiger partial charge on any atom is 0.161 e. The number of nitrogens with zero attached hydrogens (tertiary/aromatic N) is 2. The molecular formula is C16H19N3. The third-order valence-electron chi connectivity index (χ3n) is 5.94. The molecule has 1 saturated carbocycles. The van der Waals surface area contributed by atoms with Crippen molar-refractivity contribution in [1.82, 2.24) is 9.97 Å². The predicted octanol–water partition coefficient (Wildman–Crippen LogP) is 3.39. The van der Waals surface area contributed by atoms with Gasteiger partial charge in [0.1, 0.15) is 0 Å². The van der Waals surface area contributed by atoms with E-state index in [2.05, 4.69) is 25.8 Å². The van der Waals surface area contributed by atoms with Crippen molar-refractivity contribution in [3.63, 3.8) is 0 Å². The van der Waals surface area contributed by atoms with Crippen LogP contribution in [0.1, 0.15) is 50.8 Å². The fourth-order valence-electron chi connectivity index (χ4n) is 4.34. The molecule has 4 rings (SSSR count). The van der Waals surface area contributed by atoms with Crippen molar-refractivity contribution < 1.29 is 0 Å². The number of hydrogen-bond donors (Lipinski definition) is 1. The maximum atomic E-state index is 6.46. The van der Waals surface area contributed by atoms with Gasteiger partial charge in [-0.05, 0) is 36.3 Å². The van der Waals surface area contributed by atoms with Crippen LogP contribution in [0.5, 0.6) is 0 Å². The minimum absolute atomic E-state index is 0.146. The number of rotatable bonds is 0. The van der Waals surface area contributed by atoms with E-state index in [0.717, 1.165) is 16.7 Å². The summed E-state index contributed by atoms with van der Waals surface area (Å²) < 4.78 is 0. The molecule has 0 saturated heterocycles. The lowest BCUT2D eigenvalue weighted by atomic mass is 9.70. The van der Waals surface area contributed by atoms with Gasteiger partial charge in [-0.25, -0.2) is 9.97 Å². The van der Waals surface area contributed by atoms with Crippen LogP contribution in [0.4, 0.5) is 5.69 Å². The van der Waals surface area contributed by atoms with E-state index < -0.39 is 0 Å². The first-order chi connectivity index (χ1) is 8.97. The highest BCUT2D eigenvalue weighted by molar-refractivity contribution is 5.91. The van der Waals surface area contributed by atoms with Crippen molar-refractivity contribution >= 4 is 16.7 Å². The Morgan fingerprint density at radius 3 is 2.89 bits per heavy atom. The molecular weight excluding hydrogens is 234 g/mol. The number of pyridine rings is 2. The third-order valence-corrected chi connectivity index (χ3v) is 5.94. The molecule has 19 heavy (non-hydrogen) atoms. The molecule has 2 heterocycles. The van der Waals surface area contributed by atoms with Crippen LogP contribution in [0.3, 0.4) is 0 Å². The first kappa shape index (κ1) is 11.2. The standard InChI is InChI=1S/C16H19N3/c1-15(2)10-6-7-16(15,3)13-11(10)12(17)9-5-4-8-18-14(9)19-13/h4-5,8,10H,6-7H2,1-3H3,(H2,17,18,19). The fraction of sp³-hybridized carbons (Fsp3) is 0.500. The van der Waals surface area contributed by atoms with Gasteiger partial charge in [0.05, 0.1) is 5.69 Å². The summed E-state index contributed by atoms with van der Waals surface area (Å²) in [4.78, 5) is 9.27. The van der Waals surface area contributed by atoms with Crippen molar-refractivity contribution in [2.45, 2.75) is 44.9 Å². The second-order valence-electron chi connectivity index (χ2n) is 6.81. The van der Waals surface area contributed by atoms with E-state index in [1.54, 1.807) is 6.20 Å². The number of aromatic nitrogens is 2. The highest BCUT2D eigenvalue weighted by Gasteiger charge is 2.61. The second-order valence-corrected chi connectivity index (χ2v) is 6.81. The van der Waals surface area contributed by atoms with E-state index in [1.807, 2.05) is 12.1 Å². The van der Waals surface area contributed by atoms with Crippen molar-refractivity contribution in [1.29, 1.82) is 0 Å². The van der Waals surface area contributed by atoms with Crippen molar-refractivity contribution in [2.24, 2.45) is 5.41 Å². The van der Waals surface area contributed by atoms with Crippen LogP contribution in [0.2, 0.25) is 0 Å². The summed E-state index contributed by atoms with van der Waals surface area (Å²) in [6.07, 6.45) is 4.23. The van der Waals surface area contributed by atoms with Gasteiger partial charge in [0, 0.05) is 28.2 Å². The summed E-state index contributed by atoms with van der Waals surface area (Å²) >= 11 is 0. The molecule has 0 amide bonds. The van der Waals surface area contributed by atoms with Crippen molar-refractivity contribution in [2.75, 3.05) is 5.73 Å². The topological polar surface area (TPSA) is 51.8 Å². The van der Waals surface area contributed by atoms with E-state index in [4.69, 9.17) is 10.7 Å². The SMILES string of the molecule is CC12CCC(c3c1nc1ncccc1c3N)C2(C)C. The molecule has 2 bridgehead atoms. The number of nitrogen functional groups attached to an aromatic ring is 1. The third kappa shape index (κ3) is 1.06. The first-order valence-electron chi connectivity index (χ1n) is 7.01. The van der Waals surface area contributed by atoms with Gasteiger partial charge in [-0.15, -0.1) is 0 Å². The molecule has 1 fully saturated rings. The van der Waals surface area contributed by atoms with Gasteiger partial charge in [-0.3, -0.25) is 0 Å². The molecule has 0 aromatic carbocycles. The van der Waals surface area contributed by atoms with Gasteiger partial charge in [0.2, 0.25) is 0 Å². The van der Waals surface area contributed by atoms with Crippen LogP contribution in [0.25, 0.3) is 11.0 Å². The molecule has 0 aliphatic heterocycles. The molecule has 3 nitrogen and oxygen atoms in total. The molecule has 2 unspecified atom stereocenters. The van der Waals surface area contributed by atoms with E-state index in [9.17, 15) is 0 Å². The first-order valence-corrected chi connectivity index (χ1v) is 7.01. The monoisotopic (exact) mass is 253 g/mol. The lowest BCUT2D eigenvalue weighted by Gasteiger charge is -2.34. The molecule has 2 atom stereocenters. The average molecular weight is 253 g/mol. The summed E-state index contributed by atoms with van der Waals surface area (Å²) in [5, 5.41) is 1.01. The summed E-state index contributed by atoms with van der Waals surface area (Å²) in [6, 6.07) is 3.97. The Morgan fingerprint density at radius 1 is 1.32 bits per heavy atom. The molecule has 0 spiro atoms. The van der Waals surface area contributed by atoms with Gasteiger partial charge in [-0.1, -0.05) is 20.8 Å². The van der Waals surface area contributed by atoms with Gasteiger partial charge >= 0.3 is 0 Å². The second kappa shape index (κ2) is 3.09. The van der Waals surface area contributed by atoms with Gasteiger partial charge in [0.15, 0.2) is 5.65 Å². The molecule has 98 valence electrons. The Kier molecular flexibility index (Phi) is 1.82. The summed E-state index contributed by atoms with van der Waals surface area (Å²) in [5.74, 6) is 0.546. The molecule has 2 aromatic rings. The van der Waals surface area contributed by atoms with Gasteiger partial charge in [0.25, 0.3) is 0 Å². The zero-order valence-corrected chi connectivity index (χ0v) is 11.7. The number of fused-ring (bicyclic) bond motifs is 6. The average Bonchev–Trinajstić information content (AvgIpc) is 2.71. The Morgan fingerprint density at radius 2 is 2.11 bits per heavy atom. The van der Waals surface area contributed by atoms with Crippen LogP contribution in [-0.2, 0) is 5.41 Å². The highest BCUT2D eigenvalue weighted by atomic mass is 14.9. The van der Waals surface area contributed by atoms with Crippen molar-refractivity contribution in [3.05, 3.63) is 29.6 Å². The van der Waals surface area contributed by atoms with E-state index in [-0.39, 0.29) is 10.8 Å². The number of nitrogens with two attached hydrogens (primary N) is 1. The van der Waals surface area contributed by atoms with E-state index >= 15 is 0 Å². The lowest BCUT2D eigenvalue weighted by molar-refractivity contribution is 0.227. The van der Waals surface area contributed by atoms with Crippen LogP contribution in [0, 0.1) is 5.41 Å². The summed E-state index contributed by atoms with van der Waals surface area (Å²) in [5.41, 5.74) is 11.1. The fourth-order valence-corrected chi connectivity index (χ4v) is 4.34. The van der Waals surface area contributed by atoms with E-state index in [1.165, 1.54) is 24.1 Å². The zero-order valence-electron chi connectivity index (χ0n) is 11.7. The number of hydrogen-bond acceptors (Lipinski definition) is 3. The Hall–Kier alpha value is -1.64. The lowest BCUT2D eigenvalue weighted by Crippen LogP contribution is -2.32. The van der Waals surface area contributed by atoms with Gasteiger partial charge in [-0.2, -0.15) is 0 Å². The smallest absolute Gasteiger partial charge is 0.161 e. The highest BCUT2D eigenvalue weighted by Crippen LogP contribution is 2.68. The molecule has 0 radical (unpaired) electrons. The van der Waals surface area contributed by atoms with Crippen LogP contribution >= 0.6 is 0 Å². The number of anilines is 1. The molecule has 3 heteroatoms. The molecule has 2 aromatic heterocycles. The quantitative estimate of drug-likeness (QED) is 0.783. The summed E-state index contributed by atoms with van der Waals surface area (Å²) in [6.45, 7) is 7.08. The largest absolute Gasteiger partial charge is 0.398 e. The van der Waals surface area contributed by atoms with Gasteiger partial charge < -0.3 is 5.73 Å². The van der Waals surface area contributed by atoms with Crippen LogP contribution < -0.4 is 5.73 Å². The normalized spacial score (nSPS) is 30.8. The molecule has 2 N–H and O–H groups in total. The maximum absolute atomic E-state index is 6.46. The predicted molar refractivity (Wildman–Crippen MR) is 77.1 cm³/mol. The van der Waals surface area contributed by atoms with Crippen LogP contribution in [-0.4, -0.2) is 9.97 Å². The zero-order chi connectivity index (χ0) is 13.4. The minimum atomic E-state index is 0.146. The minimum Gasteiger partial charge on any atom is -0.398 e. The summed E-state index contributed by atoms with van der Waals surface area (Å²) in [7, 11) is 0. The Balaban J connectivity index is 2.14. The van der Waals surface area contributed by atoms with Crippen LogP contribution in [0.15, 0.2) is 18.3 Å². The molecule has 2 aliphatic carbocycles. The Labute approximate surface area is 113 Å². The van der Waals surface area contributed by atoms with E-state index in [0.29, 0.717) is 5.92 Å². The Bertz CT molecular complexity index is 704. The van der Waals surface area contributed by atoms with Crippen molar-refractivity contribution in [3.8, 4) is 0 Å².